The number of carbonyl (C=O) groups excluding carboxylic acids is 2. The third-order valence-corrected chi connectivity index (χ3v) is 6.90. The lowest BCUT2D eigenvalue weighted by Crippen LogP contribution is -2.39. The predicted molar refractivity (Wildman–Crippen MR) is 138 cm³/mol. The number of anilines is 1. The van der Waals surface area contributed by atoms with Crippen LogP contribution in [-0.2, 0) is 30.5 Å². The van der Waals surface area contributed by atoms with E-state index in [1.807, 2.05) is 0 Å². The van der Waals surface area contributed by atoms with Crippen LogP contribution in [0, 0.1) is 0 Å². The van der Waals surface area contributed by atoms with Crippen molar-refractivity contribution in [2.24, 2.45) is 5.10 Å². The van der Waals surface area contributed by atoms with Crippen LogP contribution in [0.2, 0.25) is 5.02 Å². The molecular weight excluding hydrogens is 565 g/mol. The van der Waals surface area contributed by atoms with Crippen LogP contribution in [-0.4, -0.2) is 65.1 Å². The zero-order valence-electron chi connectivity index (χ0n) is 20.7. The molecule has 1 aliphatic heterocycles. The van der Waals surface area contributed by atoms with E-state index >= 15 is 0 Å². The molecule has 2 aromatic carbocycles. The van der Waals surface area contributed by atoms with Gasteiger partial charge in [-0.3, -0.25) is 13.9 Å². The minimum atomic E-state index is -4.82. The van der Waals surface area contributed by atoms with Gasteiger partial charge < -0.3 is 14.8 Å². The minimum Gasteiger partial charge on any atom is -0.484 e. The number of rotatable bonds is 11. The van der Waals surface area contributed by atoms with Crippen molar-refractivity contribution in [2.45, 2.75) is 25.1 Å². The van der Waals surface area contributed by atoms with Gasteiger partial charge >= 0.3 is 6.18 Å². The highest BCUT2D eigenvalue weighted by Gasteiger charge is 2.34. The molecule has 212 valence electrons. The lowest BCUT2D eigenvalue weighted by molar-refractivity contribution is -0.137. The molecular formula is C24H26ClF3N4O6S. The molecule has 15 heteroatoms. The highest BCUT2D eigenvalue weighted by molar-refractivity contribution is 7.92. The van der Waals surface area contributed by atoms with Crippen LogP contribution in [0.3, 0.4) is 0 Å². The highest BCUT2D eigenvalue weighted by atomic mass is 35.5. The summed E-state index contributed by atoms with van der Waals surface area (Å²) in [6, 6.07) is 8.89. The second-order valence-electron chi connectivity index (χ2n) is 8.52. The summed E-state index contributed by atoms with van der Waals surface area (Å²) in [4.78, 5) is 24.2. The number of ether oxygens (including phenoxy) is 2. The van der Waals surface area contributed by atoms with Gasteiger partial charge in [-0.25, -0.2) is 13.8 Å². The molecule has 0 bridgehead atoms. The first-order valence-corrected chi connectivity index (χ1v) is 13.8. The van der Waals surface area contributed by atoms with Gasteiger partial charge in [0.15, 0.2) is 6.61 Å². The predicted octanol–water partition coefficient (Wildman–Crippen LogP) is 2.95. The zero-order chi connectivity index (χ0) is 28.6. The molecule has 0 saturated carbocycles. The van der Waals surface area contributed by atoms with Crippen molar-refractivity contribution in [3.63, 3.8) is 0 Å². The summed E-state index contributed by atoms with van der Waals surface area (Å²) in [6.45, 7) is 0.131. The van der Waals surface area contributed by atoms with E-state index in [1.165, 1.54) is 6.21 Å². The number of carbonyl (C=O) groups is 2. The number of alkyl halides is 3. The Bertz CT molecular complexity index is 1300. The average Bonchev–Trinajstić information content (AvgIpc) is 3.38. The van der Waals surface area contributed by atoms with Gasteiger partial charge in [0.1, 0.15) is 12.3 Å². The van der Waals surface area contributed by atoms with Crippen LogP contribution in [0.1, 0.15) is 24.0 Å². The van der Waals surface area contributed by atoms with Crippen molar-refractivity contribution in [3.05, 3.63) is 58.6 Å². The van der Waals surface area contributed by atoms with E-state index in [0.717, 1.165) is 31.2 Å². The first-order chi connectivity index (χ1) is 18.3. The van der Waals surface area contributed by atoms with Crippen LogP contribution in [0.4, 0.5) is 18.9 Å². The quantitative estimate of drug-likeness (QED) is 0.306. The number of amides is 2. The Balaban J connectivity index is 1.52. The molecule has 1 aliphatic rings. The standard InChI is InChI=1S/C24H26ClF3N4O6S/c1-39(35,36)32(17-6-9-21(25)20(11-17)24(26,27)28)14-22(33)31-30-12-16-4-7-18(8-5-16)38-15-23(34)29-13-19-3-2-10-37-19/h4-9,11-12,19H,2-3,10,13-15H2,1H3,(H,29,34)(H,31,33)/b30-12-/t19-/m1/s1. The SMILES string of the molecule is CS(=O)(=O)N(CC(=O)N/N=C\c1ccc(OCC(=O)NC[C@H]2CCCO2)cc1)c1ccc(Cl)c(C(F)(F)F)c1. The lowest BCUT2D eigenvalue weighted by atomic mass is 10.2. The van der Waals surface area contributed by atoms with Crippen molar-refractivity contribution in [3.8, 4) is 5.75 Å². The first kappa shape index (κ1) is 30.2. The van der Waals surface area contributed by atoms with E-state index in [4.69, 9.17) is 21.1 Å². The molecule has 2 N–H and O–H groups in total. The molecule has 0 aliphatic carbocycles. The third-order valence-electron chi connectivity index (χ3n) is 5.43. The van der Waals surface area contributed by atoms with Gasteiger partial charge in [0, 0.05) is 13.2 Å². The van der Waals surface area contributed by atoms with E-state index < -0.39 is 39.2 Å². The van der Waals surface area contributed by atoms with Crippen LogP contribution in [0.25, 0.3) is 0 Å². The normalized spacial score (nSPS) is 15.8. The van der Waals surface area contributed by atoms with Crippen molar-refractivity contribution in [1.29, 1.82) is 0 Å². The molecule has 39 heavy (non-hydrogen) atoms. The summed E-state index contributed by atoms with van der Waals surface area (Å²) in [5.41, 5.74) is 1.05. The largest absolute Gasteiger partial charge is 0.484 e. The van der Waals surface area contributed by atoms with Gasteiger partial charge in [0.25, 0.3) is 11.8 Å². The Morgan fingerprint density at radius 3 is 2.54 bits per heavy atom. The maximum Gasteiger partial charge on any atom is 0.417 e. The molecule has 2 amide bonds. The number of hydrazone groups is 1. The summed E-state index contributed by atoms with van der Waals surface area (Å²) in [7, 11) is -4.13. The molecule has 10 nitrogen and oxygen atoms in total. The Kier molecular flexibility index (Phi) is 10.2. The minimum absolute atomic E-state index is 0.0298. The van der Waals surface area contributed by atoms with E-state index in [9.17, 15) is 31.2 Å². The first-order valence-electron chi connectivity index (χ1n) is 11.6. The van der Waals surface area contributed by atoms with E-state index in [2.05, 4.69) is 15.8 Å². The molecule has 0 radical (unpaired) electrons. The summed E-state index contributed by atoms with van der Waals surface area (Å²) >= 11 is 5.59. The third kappa shape index (κ3) is 9.41. The van der Waals surface area contributed by atoms with Gasteiger partial charge in [0.05, 0.1) is 34.8 Å². The fourth-order valence-electron chi connectivity index (χ4n) is 3.51. The fraction of sp³-hybridized carbons (Fsp3) is 0.375. The number of benzene rings is 2. The number of nitrogens with one attached hydrogen (secondary N) is 2. The Hall–Kier alpha value is -3.36. The van der Waals surface area contributed by atoms with Crippen LogP contribution in [0.15, 0.2) is 47.6 Å². The molecule has 1 heterocycles. The van der Waals surface area contributed by atoms with Gasteiger partial charge in [0.2, 0.25) is 10.0 Å². The smallest absolute Gasteiger partial charge is 0.417 e. The second kappa shape index (κ2) is 13.1. The Morgan fingerprint density at radius 1 is 1.21 bits per heavy atom. The number of hydrogen-bond acceptors (Lipinski definition) is 7. The summed E-state index contributed by atoms with van der Waals surface area (Å²) < 4.78 is 75.3. The monoisotopic (exact) mass is 590 g/mol. The Morgan fingerprint density at radius 2 is 1.92 bits per heavy atom. The Labute approximate surface area is 228 Å². The van der Waals surface area contributed by atoms with Crippen molar-refractivity contribution >= 4 is 45.3 Å². The van der Waals surface area contributed by atoms with Crippen molar-refractivity contribution in [1.82, 2.24) is 10.7 Å². The van der Waals surface area contributed by atoms with Crippen LogP contribution in [0.5, 0.6) is 5.75 Å². The van der Waals surface area contributed by atoms with Gasteiger partial charge in [-0.2, -0.15) is 18.3 Å². The molecule has 0 unspecified atom stereocenters. The highest BCUT2D eigenvalue weighted by Crippen LogP contribution is 2.37. The topological polar surface area (TPSA) is 126 Å². The summed E-state index contributed by atoms with van der Waals surface area (Å²) in [5, 5.41) is 5.88. The van der Waals surface area contributed by atoms with Crippen molar-refractivity contribution < 1.29 is 40.7 Å². The molecule has 1 atom stereocenters. The second-order valence-corrected chi connectivity index (χ2v) is 10.8. The summed E-state index contributed by atoms with van der Waals surface area (Å²) in [6.07, 6.45) is -0.882. The van der Waals surface area contributed by atoms with Crippen LogP contribution < -0.4 is 19.8 Å². The number of halogens is 4. The van der Waals surface area contributed by atoms with Gasteiger partial charge in [-0.15, -0.1) is 0 Å². The maximum absolute atomic E-state index is 13.2. The van der Waals surface area contributed by atoms with E-state index in [-0.39, 0.29) is 24.3 Å². The number of sulfonamides is 1. The lowest BCUT2D eigenvalue weighted by Gasteiger charge is -2.22. The van der Waals surface area contributed by atoms with E-state index in [1.54, 1.807) is 24.3 Å². The maximum atomic E-state index is 13.2. The molecule has 1 saturated heterocycles. The van der Waals surface area contributed by atoms with Gasteiger partial charge in [-0.05, 0) is 60.9 Å². The molecule has 3 rings (SSSR count). The molecule has 0 aromatic heterocycles. The summed E-state index contributed by atoms with van der Waals surface area (Å²) in [5.74, 6) is -0.752. The van der Waals surface area contributed by atoms with Crippen molar-refractivity contribution in [2.75, 3.05) is 36.9 Å². The number of hydrogen-bond donors (Lipinski definition) is 2. The average molecular weight is 591 g/mol. The zero-order valence-corrected chi connectivity index (χ0v) is 22.3. The molecule has 0 spiro atoms. The molecule has 1 fully saturated rings. The molecule has 2 aromatic rings. The number of nitrogens with zero attached hydrogens (tertiary/aromatic N) is 2. The van der Waals surface area contributed by atoms with Gasteiger partial charge in [-0.1, -0.05) is 11.6 Å². The van der Waals surface area contributed by atoms with E-state index in [0.29, 0.717) is 34.8 Å². The van der Waals surface area contributed by atoms with Crippen LogP contribution >= 0.6 is 11.6 Å². The fourth-order valence-corrected chi connectivity index (χ4v) is 4.59.